The monoisotopic (exact) mass is 441 g/mol. The van der Waals surface area contributed by atoms with Crippen LogP contribution in [-0.4, -0.2) is 45.2 Å². The summed E-state index contributed by atoms with van der Waals surface area (Å²) in [6, 6.07) is 8.44. The molecule has 2 aromatic heterocycles. The molecular weight excluding hydrogens is 409 g/mol. The second-order valence-electron chi connectivity index (χ2n) is 9.99. The molecule has 0 unspecified atom stereocenters. The van der Waals surface area contributed by atoms with Gasteiger partial charge in [-0.15, -0.1) is 5.10 Å². The number of alkyl halides is 1. The molecule has 0 atom stereocenters. The summed E-state index contributed by atoms with van der Waals surface area (Å²) in [6.07, 6.45) is 3.20. The van der Waals surface area contributed by atoms with E-state index < -0.39 is 12.3 Å². The highest BCUT2D eigenvalue weighted by Gasteiger charge is 2.29. The van der Waals surface area contributed by atoms with Crippen LogP contribution in [0.15, 0.2) is 28.7 Å². The lowest BCUT2D eigenvalue weighted by Gasteiger charge is -2.32. The first-order valence-corrected chi connectivity index (χ1v) is 11.2. The maximum atomic E-state index is 12.6. The Morgan fingerprint density at radius 2 is 1.94 bits per heavy atom. The number of rotatable bonds is 6. The molecule has 1 aliphatic rings. The molecule has 3 aromatic rings. The molecule has 7 nitrogen and oxygen atoms in total. The number of fused-ring (bicyclic) bond motifs is 1. The molecule has 8 heteroatoms. The van der Waals surface area contributed by atoms with Crippen molar-refractivity contribution in [2.75, 3.05) is 23.9 Å². The van der Waals surface area contributed by atoms with Crippen LogP contribution < -0.4 is 10.6 Å². The highest BCUT2D eigenvalue weighted by atomic mass is 19.1. The van der Waals surface area contributed by atoms with Crippen molar-refractivity contribution < 1.29 is 13.9 Å². The highest BCUT2D eigenvalue weighted by Crippen LogP contribution is 2.34. The van der Waals surface area contributed by atoms with Gasteiger partial charge in [0.15, 0.2) is 0 Å². The first-order chi connectivity index (χ1) is 15.1. The lowest BCUT2D eigenvalue weighted by Crippen LogP contribution is -2.35. The van der Waals surface area contributed by atoms with Crippen LogP contribution in [0.5, 0.6) is 0 Å². The quantitative estimate of drug-likeness (QED) is 0.491. The fourth-order valence-corrected chi connectivity index (χ4v) is 4.16. The van der Waals surface area contributed by atoms with Crippen molar-refractivity contribution in [3.8, 4) is 11.6 Å². The van der Waals surface area contributed by atoms with Crippen LogP contribution in [-0.2, 0) is 5.41 Å². The first-order valence-electron chi connectivity index (χ1n) is 11.2. The topological polar surface area (TPSA) is 96.1 Å². The molecule has 2 heterocycles. The molecule has 0 spiro atoms. The summed E-state index contributed by atoms with van der Waals surface area (Å²) in [5.41, 5.74) is 2.68. The van der Waals surface area contributed by atoms with Gasteiger partial charge < -0.3 is 20.2 Å². The van der Waals surface area contributed by atoms with Crippen LogP contribution in [0.1, 0.15) is 58.9 Å². The molecule has 0 bridgehead atoms. The van der Waals surface area contributed by atoms with Crippen molar-refractivity contribution in [2.24, 2.45) is 0 Å². The maximum Gasteiger partial charge on any atom is 0.316 e. The summed E-state index contributed by atoms with van der Waals surface area (Å²) in [7, 11) is 0. The van der Waals surface area contributed by atoms with Crippen molar-refractivity contribution in [1.29, 1.82) is 0 Å². The highest BCUT2D eigenvalue weighted by molar-refractivity contribution is 5.88. The second kappa shape index (κ2) is 8.65. The standard InChI is InChI=1S/C24H32FN5O2/c1-23(2,3)18-14-17(26-12-11-25)13-15-5-6-19(28-20(15)18)21-29-30-22(32-21)27-16-7-9-24(4,31)10-8-16/h5-6,13-14,16,26,31H,7-12H2,1-4H3,(H,27,30). The van der Waals surface area contributed by atoms with Crippen LogP contribution >= 0.6 is 0 Å². The molecule has 0 amide bonds. The van der Waals surface area contributed by atoms with E-state index in [1.807, 2.05) is 31.2 Å². The predicted octanol–water partition coefficient (Wildman–Crippen LogP) is 5.07. The molecule has 1 fully saturated rings. The minimum Gasteiger partial charge on any atom is -0.402 e. The summed E-state index contributed by atoms with van der Waals surface area (Å²) >= 11 is 0. The van der Waals surface area contributed by atoms with Gasteiger partial charge in [-0.1, -0.05) is 31.9 Å². The van der Waals surface area contributed by atoms with Gasteiger partial charge in [0.2, 0.25) is 0 Å². The Hall–Kier alpha value is -2.74. The molecule has 172 valence electrons. The molecule has 0 saturated heterocycles. The average Bonchev–Trinajstić information content (AvgIpc) is 3.20. The van der Waals surface area contributed by atoms with Gasteiger partial charge >= 0.3 is 6.01 Å². The number of nitrogens with one attached hydrogen (secondary N) is 2. The zero-order valence-electron chi connectivity index (χ0n) is 19.2. The molecule has 1 aromatic carbocycles. The van der Waals surface area contributed by atoms with E-state index in [2.05, 4.69) is 41.6 Å². The molecule has 0 radical (unpaired) electrons. The number of anilines is 2. The summed E-state index contributed by atoms with van der Waals surface area (Å²) < 4.78 is 18.5. The van der Waals surface area contributed by atoms with E-state index in [1.54, 1.807) is 0 Å². The van der Waals surface area contributed by atoms with Gasteiger partial charge in [0.05, 0.1) is 11.1 Å². The van der Waals surface area contributed by atoms with Gasteiger partial charge in [-0.2, -0.15) is 0 Å². The van der Waals surface area contributed by atoms with E-state index >= 15 is 0 Å². The Kier molecular flexibility index (Phi) is 6.07. The third kappa shape index (κ3) is 5.01. The molecule has 3 N–H and O–H groups in total. The van der Waals surface area contributed by atoms with Gasteiger partial charge in [-0.3, -0.25) is 0 Å². The van der Waals surface area contributed by atoms with Crippen molar-refractivity contribution in [1.82, 2.24) is 15.2 Å². The summed E-state index contributed by atoms with van der Waals surface area (Å²) in [5, 5.41) is 25.8. The fourth-order valence-electron chi connectivity index (χ4n) is 4.16. The Morgan fingerprint density at radius 1 is 1.19 bits per heavy atom. The van der Waals surface area contributed by atoms with E-state index in [4.69, 9.17) is 9.40 Å². The van der Waals surface area contributed by atoms with Gasteiger partial charge in [0, 0.05) is 23.7 Å². The Balaban J connectivity index is 1.60. The number of hydrogen-bond donors (Lipinski definition) is 3. The summed E-state index contributed by atoms with van der Waals surface area (Å²) in [4.78, 5) is 4.85. The van der Waals surface area contributed by atoms with Gasteiger partial charge in [0.1, 0.15) is 12.4 Å². The molecule has 32 heavy (non-hydrogen) atoms. The van der Waals surface area contributed by atoms with Crippen molar-refractivity contribution in [3.63, 3.8) is 0 Å². The minimum atomic E-state index is -0.584. The van der Waals surface area contributed by atoms with Crippen molar-refractivity contribution >= 4 is 22.6 Å². The van der Waals surface area contributed by atoms with Crippen LogP contribution in [0, 0.1) is 0 Å². The third-order valence-corrected chi connectivity index (χ3v) is 6.06. The maximum absolute atomic E-state index is 12.6. The van der Waals surface area contributed by atoms with Crippen molar-refractivity contribution in [3.05, 3.63) is 29.8 Å². The molecular formula is C24H32FN5O2. The Labute approximate surface area is 187 Å². The number of nitrogens with zero attached hydrogens (tertiary/aromatic N) is 3. The molecule has 1 aliphatic carbocycles. The van der Waals surface area contributed by atoms with Gasteiger partial charge in [0.25, 0.3) is 5.89 Å². The normalized spacial score (nSPS) is 21.6. The average molecular weight is 442 g/mol. The number of hydrogen-bond acceptors (Lipinski definition) is 7. The molecule has 4 rings (SSSR count). The number of aromatic nitrogens is 3. The van der Waals surface area contributed by atoms with Crippen LogP contribution in [0.3, 0.4) is 0 Å². The third-order valence-electron chi connectivity index (χ3n) is 6.06. The van der Waals surface area contributed by atoms with E-state index in [0.717, 1.165) is 47.8 Å². The Morgan fingerprint density at radius 3 is 2.62 bits per heavy atom. The number of pyridine rings is 1. The van der Waals surface area contributed by atoms with Crippen molar-refractivity contribution in [2.45, 2.75) is 70.4 Å². The fraction of sp³-hybridized carbons (Fsp3) is 0.542. The first kappa shape index (κ1) is 22.5. The molecule has 0 aliphatic heterocycles. The Bertz CT molecular complexity index is 1080. The van der Waals surface area contributed by atoms with Gasteiger partial charge in [-0.05, 0) is 61.8 Å². The van der Waals surface area contributed by atoms with Crippen LogP contribution in [0.2, 0.25) is 0 Å². The lowest BCUT2D eigenvalue weighted by molar-refractivity contribution is 0.0194. The summed E-state index contributed by atoms with van der Waals surface area (Å²) in [6.45, 7) is 8.12. The smallest absolute Gasteiger partial charge is 0.316 e. The number of aliphatic hydroxyl groups is 1. The van der Waals surface area contributed by atoms with Crippen LogP contribution in [0.4, 0.5) is 16.1 Å². The molecule has 1 saturated carbocycles. The zero-order valence-corrected chi connectivity index (χ0v) is 19.2. The van der Waals surface area contributed by atoms with E-state index in [1.165, 1.54) is 0 Å². The number of halogens is 1. The van der Waals surface area contributed by atoms with E-state index in [0.29, 0.717) is 17.6 Å². The van der Waals surface area contributed by atoms with E-state index in [-0.39, 0.29) is 18.0 Å². The number of benzene rings is 1. The van der Waals surface area contributed by atoms with E-state index in [9.17, 15) is 9.50 Å². The van der Waals surface area contributed by atoms with Gasteiger partial charge in [-0.25, -0.2) is 9.37 Å². The summed E-state index contributed by atoms with van der Waals surface area (Å²) in [5.74, 6) is 0.358. The minimum absolute atomic E-state index is 0.152. The van der Waals surface area contributed by atoms with Crippen LogP contribution in [0.25, 0.3) is 22.5 Å². The zero-order chi connectivity index (χ0) is 22.9. The SMILES string of the molecule is CC1(O)CCC(Nc2nnc(-c3ccc4cc(NCCF)cc(C(C)(C)C)c4n3)o2)CC1. The predicted molar refractivity (Wildman–Crippen MR) is 125 cm³/mol. The second-order valence-corrected chi connectivity index (χ2v) is 9.99. The lowest BCUT2D eigenvalue weighted by atomic mass is 9.84. The largest absolute Gasteiger partial charge is 0.402 e.